The van der Waals surface area contributed by atoms with Crippen molar-refractivity contribution in [2.45, 2.75) is 57.5 Å². The maximum Gasteiger partial charge on any atom is 0.108 e. The summed E-state index contributed by atoms with van der Waals surface area (Å²) >= 11 is 0. The number of hydrogen-bond donors (Lipinski definition) is 1. The van der Waals surface area contributed by atoms with Crippen molar-refractivity contribution < 1.29 is 5.11 Å². The molecule has 0 saturated heterocycles. The molecular formula is C18H23NO. The van der Waals surface area contributed by atoms with E-state index in [1.165, 1.54) is 5.56 Å². The third kappa shape index (κ3) is 1.88. The van der Waals surface area contributed by atoms with Gasteiger partial charge in [0.1, 0.15) is 5.60 Å². The molecule has 3 atom stereocenters. The highest BCUT2D eigenvalue weighted by Crippen LogP contribution is 2.56. The van der Waals surface area contributed by atoms with Gasteiger partial charge in [0, 0.05) is 0 Å². The maximum absolute atomic E-state index is 11.5. The van der Waals surface area contributed by atoms with E-state index in [1.807, 2.05) is 18.2 Å². The number of nitriles is 1. The number of aryl methyl sites for hydroxylation is 1. The zero-order chi connectivity index (χ0) is 14.2. The lowest BCUT2D eigenvalue weighted by Gasteiger charge is -2.41. The largest absolute Gasteiger partial charge is 0.383 e. The highest BCUT2D eigenvalue weighted by molar-refractivity contribution is 5.38. The summed E-state index contributed by atoms with van der Waals surface area (Å²) in [4.78, 5) is 0. The van der Waals surface area contributed by atoms with E-state index in [4.69, 9.17) is 0 Å². The van der Waals surface area contributed by atoms with Gasteiger partial charge in [0.2, 0.25) is 0 Å². The molecule has 0 spiro atoms. The minimum atomic E-state index is -0.959. The first kappa shape index (κ1) is 13.6. The zero-order valence-electron chi connectivity index (χ0n) is 12.2. The van der Waals surface area contributed by atoms with Crippen LogP contribution >= 0.6 is 0 Å². The van der Waals surface area contributed by atoms with Gasteiger partial charge < -0.3 is 5.11 Å². The van der Waals surface area contributed by atoms with Crippen LogP contribution in [-0.2, 0) is 12.0 Å². The molecule has 2 aliphatic carbocycles. The first-order valence-electron chi connectivity index (χ1n) is 7.83. The van der Waals surface area contributed by atoms with Gasteiger partial charge in [-0.05, 0) is 62.0 Å². The molecular weight excluding hydrogens is 246 g/mol. The molecule has 0 aliphatic heterocycles. The Morgan fingerprint density at radius 1 is 1.25 bits per heavy atom. The van der Waals surface area contributed by atoms with Crippen molar-refractivity contribution in [1.29, 1.82) is 5.26 Å². The fourth-order valence-corrected chi connectivity index (χ4v) is 4.33. The Labute approximate surface area is 121 Å². The summed E-state index contributed by atoms with van der Waals surface area (Å²) in [6.45, 7) is 2.20. The summed E-state index contributed by atoms with van der Waals surface area (Å²) in [5, 5.41) is 21.4. The average Bonchev–Trinajstić information content (AvgIpc) is 2.78. The molecule has 1 fully saturated rings. The Hall–Kier alpha value is -1.33. The van der Waals surface area contributed by atoms with E-state index < -0.39 is 11.0 Å². The van der Waals surface area contributed by atoms with Crippen LogP contribution in [-0.4, -0.2) is 5.11 Å². The summed E-state index contributed by atoms with van der Waals surface area (Å²) in [6, 6.07) is 10.7. The Kier molecular flexibility index (Phi) is 3.34. The lowest BCUT2D eigenvalue weighted by molar-refractivity contribution is -0.0683. The van der Waals surface area contributed by atoms with E-state index in [2.05, 4.69) is 19.1 Å². The topological polar surface area (TPSA) is 44.0 Å². The lowest BCUT2D eigenvalue weighted by Crippen LogP contribution is -2.43. The highest BCUT2D eigenvalue weighted by atomic mass is 16.3. The van der Waals surface area contributed by atoms with Crippen LogP contribution in [0.4, 0.5) is 0 Å². The van der Waals surface area contributed by atoms with Gasteiger partial charge in [0.15, 0.2) is 0 Å². The van der Waals surface area contributed by atoms with Gasteiger partial charge in [-0.25, -0.2) is 0 Å². The first-order chi connectivity index (χ1) is 9.61. The molecule has 0 amide bonds. The highest BCUT2D eigenvalue weighted by Gasteiger charge is 2.55. The summed E-state index contributed by atoms with van der Waals surface area (Å²) in [7, 11) is 0. The molecule has 2 nitrogen and oxygen atoms in total. The van der Waals surface area contributed by atoms with Crippen LogP contribution in [0.2, 0.25) is 0 Å². The van der Waals surface area contributed by atoms with Crippen molar-refractivity contribution in [3.05, 3.63) is 35.4 Å². The van der Waals surface area contributed by atoms with Crippen LogP contribution in [0.25, 0.3) is 0 Å². The molecule has 20 heavy (non-hydrogen) atoms. The fourth-order valence-electron chi connectivity index (χ4n) is 4.33. The second-order valence-electron chi connectivity index (χ2n) is 6.77. The maximum atomic E-state index is 11.5. The molecule has 0 bridgehead atoms. The van der Waals surface area contributed by atoms with E-state index in [1.54, 1.807) is 0 Å². The number of benzene rings is 1. The van der Waals surface area contributed by atoms with Crippen LogP contribution in [0.1, 0.15) is 56.6 Å². The minimum Gasteiger partial charge on any atom is -0.383 e. The number of fused-ring (bicyclic) bond motifs is 1. The van der Waals surface area contributed by atoms with Gasteiger partial charge in [0.25, 0.3) is 0 Å². The summed E-state index contributed by atoms with van der Waals surface area (Å²) in [5.41, 5.74) is 0.710. The van der Waals surface area contributed by atoms with Crippen molar-refractivity contribution in [2.24, 2.45) is 11.3 Å². The van der Waals surface area contributed by atoms with E-state index in [0.29, 0.717) is 5.92 Å². The molecule has 0 heterocycles. The van der Waals surface area contributed by atoms with Gasteiger partial charge in [-0.15, -0.1) is 0 Å². The zero-order valence-corrected chi connectivity index (χ0v) is 12.2. The predicted molar refractivity (Wildman–Crippen MR) is 79.0 cm³/mol. The van der Waals surface area contributed by atoms with Crippen molar-refractivity contribution in [2.75, 3.05) is 0 Å². The van der Waals surface area contributed by atoms with Crippen LogP contribution in [0.15, 0.2) is 24.3 Å². The van der Waals surface area contributed by atoms with Gasteiger partial charge in [0.05, 0.1) is 11.5 Å². The molecule has 1 saturated carbocycles. The molecule has 2 heteroatoms. The van der Waals surface area contributed by atoms with E-state index >= 15 is 0 Å². The smallest absolute Gasteiger partial charge is 0.108 e. The predicted octanol–water partition coefficient (Wildman–Crippen LogP) is 3.93. The van der Waals surface area contributed by atoms with Gasteiger partial charge >= 0.3 is 0 Å². The summed E-state index contributed by atoms with van der Waals surface area (Å²) < 4.78 is 0. The second-order valence-corrected chi connectivity index (χ2v) is 6.77. The molecule has 1 aromatic rings. The summed E-state index contributed by atoms with van der Waals surface area (Å²) in [5.74, 6) is 0.536. The molecule has 1 aromatic carbocycles. The Balaban J connectivity index is 2.13. The molecule has 0 aromatic heterocycles. The number of nitrogens with zero attached hydrogens (tertiary/aromatic N) is 1. The fraction of sp³-hybridized carbons (Fsp3) is 0.611. The number of rotatable bonds is 1. The van der Waals surface area contributed by atoms with Gasteiger partial charge in [-0.3, -0.25) is 0 Å². The van der Waals surface area contributed by atoms with Gasteiger partial charge in [-0.2, -0.15) is 5.26 Å². The first-order valence-corrected chi connectivity index (χ1v) is 7.83. The second kappa shape index (κ2) is 4.90. The van der Waals surface area contributed by atoms with Crippen LogP contribution in [0, 0.1) is 22.7 Å². The van der Waals surface area contributed by atoms with Crippen LogP contribution < -0.4 is 0 Å². The van der Waals surface area contributed by atoms with Crippen molar-refractivity contribution in [3.63, 3.8) is 0 Å². The van der Waals surface area contributed by atoms with E-state index in [-0.39, 0.29) is 0 Å². The van der Waals surface area contributed by atoms with Crippen LogP contribution in [0.5, 0.6) is 0 Å². The quantitative estimate of drug-likeness (QED) is 0.785. The lowest BCUT2D eigenvalue weighted by atomic mass is 9.65. The normalized spacial score (nSPS) is 37.0. The minimum absolute atomic E-state index is 0.536. The van der Waals surface area contributed by atoms with Crippen molar-refractivity contribution in [1.82, 2.24) is 0 Å². The molecule has 3 unspecified atom stereocenters. The van der Waals surface area contributed by atoms with E-state index in [0.717, 1.165) is 50.5 Å². The standard InChI is InChI=1S/C18H23NO/c1-14-9-11-17(12-14,13-19)18(20)10-5-4-7-15-6-2-3-8-16(15)18/h2-3,6,8,14,20H,4-5,7,9-12H2,1H3. The van der Waals surface area contributed by atoms with Crippen molar-refractivity contribution in [3.8, 4) is 6.07 Å². The Morgan fingerprint density at radius 2 is 2.05 bits per heavy atom. The van der Waals surface area contributed by atoms with E-state index in [9.17, 15) is 10.4 Å². The third-order valence-electron chi connectivity index (χ3n) is 5.46. The molecule has 1 N–H and O–H groups in total. The average molecular weight is 269 g/mol. The Morgan fingerprint density at radius 3 is 2.75 bits per heavy atom. The summed E-state index contributed by atoms with van der Waals surface area (Å²) in [6.07, 6.45) is 6.57. The molecule has 0 radical (unpaired) electrons. The van der Waals surface area contributed by atoms with Gasteiger partial charge in [-0.1, -0.05) is 31.2 Å². The van der Waals surface area contributed by atoms with Crippen molar-refractivity contribution >= 4 is 0 Å². The monoisotopic (exact) mass is 269 g/mol. The third-order valence-corrected chi connectivity index (χ3v) is 5.46. The molecule has 2 aliphatic rings. The molecule has 106 valence electrons. The Bertz CT molecular complexity index is 547. The number of hydrogen-bond acceptors (Lipinski definition) is 2. The molecule has 3 rings (SSSR count). The SMILES string of the molecule is CC1CCC(C#N)(C2(O)CCCCc3ccccc32)C1. The number of aliphatic hydroxyl groups is 1. The van der Waals surface area contributed by atoms with Crippen LogP contribution in [0.3, 0.4) is 0 Å².